The Kier molecular flexibility index (Phi) is 4.64. The van der Waals surface area contributed by atoms with Crippen molar-refractivity contribution in [3.05, 3.63) is 59.7 Å². The van der Waals surface area contributed by atoms with Crippen molar-refractivity contribution in [2.75, 3.05) is 14.2 Å². The lowest BCUT2D eigenvalue weighted by atomic mass is 10.0. The normalized spacial score (nSPS) is 11.8. The van der Waals surface area contributed by atoms with E-state index in [1.807, 2.05) is 30.3 Å². The van der Waals surface area contributed by atoms with E-state index in [0.717, 1.165) is 5.56 Å². The van der Waals surface area contributed by atoms with Crippen LogP contribution in [0, 0.1) is 0 Å². The molecule has 1 unspecified atom stereocenters. The summed E-state index contributed by atoms with van der Waals surface area (Å²) in [7, 11) is 3.03. The minimum absolute atomic E-state index is 0.214. The fourth-order valence-electron chi connectivity index (χ4n) is 1.99. The van der Waals surface area contributed by atoms with Crippen LogP contribution in [0.1, 0.15) is 21.3 Å². The van der Waals surface area contributed by atoms with Crippen molar-refractivity contribution in [2.45, 2.75) is 5.38 Å². The Labute approximate surface area is 123 Å². The molecule has 2 aromatic carbocycles. The number of hydrogen-bond donors (Lipinski definition) is 0. The van der Waals surface area contributed by atoms with Crippen molar-refractivity contribution in [1.82, 2.24) is 0 Å². The Balaban J connectivity index is 2.39. The largest absolute Gasteiger partial charge is 0.493 e. The van der Waals surface area contributed by atoms with Crippen LogP contribution in [0.3, 0.4) is 0 Å². The molecule has 0 bridgehead atoms. The van der Waals surface area contributed by atoms with Crippen LogP contribution in [0.2, 0.25) is 0 Å². The molecule has 0 spiro atoms. The van der Waals surface area contributed by atoms with E-state index in [4.69, 9.17) is 21.1 Å². The highest BCUT2D eigenvalue weighted by molar-refractivity contribution is 6.34. The lowest BCUT2D eigenvalue weighted by Crippen LogP contribution is -2.09. The van der Waals surface area contributed by atoms with E-state index in [9.17, 15) is 4.79 Å². The van der Waals surface area contributed by atoms with Crippen molar-refractivity contribution < 1.29 is 14.3 Å². The van der Waals surface area contributed by atoms with Crippen LogP contribution in [-0.4, -0.2) is 20.0 Å². The first-order valence-corrected chi connectivity index (χ1v) is 6.57. The van der Waals surface area contributed by atoms with Crippen LogP contribution < -0.4 is 9.47 Å². The number of rotatable bonds is 5. The maximum Gasteiger partial charge on any atom is 0.189 e. The zero-order valence-electron chi connectivity index (χ0n) is 11.3. The van der Waals surface area contributed by atoms with E-state index in [1.54, 1.807) is 18.2 Å². The molecule has 104 valence electrons. The molecular formula is C16H15ClO3. The van der Waals surface area contributed by atoms with Gasteiger partial charge in [0.15, 0.2) is 17.3 Å². The Morgan fingerprint density at radius 3 is 2.30 bits per heavy atom. The second kappa shape index (κ2) is 6.44. The van der Waals surface area contributed by atoms with E-state index in [-0.39, 0.29) is 5.78 Å². The maximum absolute atomic E-state index is 12.5. The Hall–Kier alpha value is -2.00. The number of ketones is 1. The van der Waals surface area contributed by atoms with Crippen molar-refractivity contribution in [3.63, 3.8) is 0 Å². The summed E-state index contributed by atoms with van der Waals surface area (Å²) in [5.74, 6) is 0.700. The number of Topliss-reactive ketones (excluding diaryl/α,β-unsaturated/α-hetero) is 1. The highest BCUT2D eigenvalue weighted by Crippen LogP contribution is 2.35. The molecular weight excluding hydrogens is 276 g/mol. The topological polar surface area (TPSA) is 35.5 Å². The monoisotopic (exact) mass is 290 g/mol. The first-order chi connectivity index (χ1) is 9.69. The standard InChI is InChI=1S/C16H15ClO3/c1-19-13-10-6-9-12(16(13)20-2)15(18)14(17)11-7-4-3-5-8-11/h3-10,14H,1-2H3. The van der Waals surface area contributed by atoms with Crippen LogP contribution in [0.4, 0.5) is 0 Å². The molecule has 4 heteroatoms. The Morgan fingerprint density at radius 2 is 1.70 bits per heavy atom. The second-order valence-electron chi connectivity index (χ2n) is 4.18. The van der Waals surface area contributed by atoms with Gasteiger partial charge in [-0.05, 0) is 17.7 Å². The summed E-state index contributed by atoms with van der Waals surface area (Å²) in [5.41, 5.74) is 1.17. The van der Waals surface area contributed by atoms with Gasteiger partial charge in [0.1, 0.15) is 5.38 Å². The van der Waals surface area contributed by atoms with E-state index in [2.05, 4.69) is 0 Å². The number of alkyl halides is 1. The van der Waals surface area contributed by atoms with Gasteiger partial charge in [0.25, 0.3) is 0 Å². The van der Waals surface area contributed by atoms with Crippen LogP contribution in [-0.2, 0) is 0 Å². The van der Waals surface area contributed by atoms with Gasteiger partial charge in [-0.2, -0.15) is 0 Å². The predicted molar refractivity (Wildman–Crippen MR) is 78.9 cm³/mol. The van der Waals surface area contributed by atoms with Gasteiger partial charge in [0.2, 0.25) is 0 Å². The summed E-state index contributed by atoms with van der Waals surface area (Å²) in [5, 5.41) is -0.753. The first-order valence-electron chi connectivity index (χ1n) is 6.13. The van der Waals surface area contributed by atoms with Crippen molar-refractivity contribution in [2.24, 2.45) is 0 Å². The van der Waals surface area contributed by atoms with E-state index in [1.165, 1.54) is 14.2 Å². The van der Waals surface area contributed by atoms with Crippen molar-refractivity contribution >= 4 is 17.4 Å². The Morgan fingerprint density at radius 1 is 1.00 bits per heavy atom. The fourth-order valence-corrected chi connectivity index (χ4v) is 2.25. The minimum atomic E-state index is -0.753. The molecule has 0 aliphatic heterocycles. The van der Waals surface area contributed by atoms with E-state index >= 15 is 0 Å². The lowest BCUT2D eigenvalue weighted by Gasteiger charge is -2.14. The smallest absolute Gasteiger partial charge is 0.189 e. The Bertz CT molecular complexity index is 596. The van der Waals surface area contributed by atoms with Gasteiger partial charge in [-0.1, -0.05) is 36.4 Å². The average Bonchev–Trinajstić information content (AvgIpc) is 2.53. The molecule has 2 rings (SSSR count). The van der Waals surface area contributed by atoms with Gasteiger partial charge in [0, 0.05) is 0 Å². The third-order valence-corrected chi connectivity index (χ3v) is 3.44. The number of hydrogen-bond acceptors (Lipinski definition) is 3. The van der Waals surface area contributed by atoms with E-state index < -0.39 is 5.38 Å². The number of methoxy groups -OCH3 is 2. The summed E-state index contributed by atoms with van der Waals surface area (Å²) in [6.45, 7) is 0. The van der Waals surface area contributed by atoms with Crippen LogP contribution in [0.5, 0.6) is 11.5 Å². The SMILES string of the molecule is COc1cccc(C(=O)C(Cl)c2ccccc2)c1OC. The maximum atomic E-state index is 12.5. The number of carbonyl (C=O) groups is 1. The number of carbonyl (C=O) groups excluding carboxylic acids is 1. The molecule has 1 atom stereocenters. The lowest BCUT2D eigenvalue weighted by molar-refractivity contribution is 0.0983. The van der Waals surface area contributed by atoms with Gasteiger partial charge in [-0.25, -0.2) is 0 Å². The molecule has 0 amide bonds. The summed E-state index contributed by atoms with van der Waals surface area (Å²) >= 11 is 6.27. The second-order valence-corrected chi connectivity index (χ2v) is 4.62. The number of para-hydroxylation sites is 1. The third-order valence-electron chi connectivity index (χ3n) is 2.99. The van der Waals surface area contributed by atoms with Gasteiger partial charge in [0.05, 0.1) is 19.8 Å². The molecule has 2 aromatic rings. The van der Waals surface area contributed by atoms with Gasteiger partial charge >= 0.3 is 0 Å². The molecule has 0 radical (unpaired) electrons. The van der Waals surface area contributed by atoms with Gasteiger partial charge in [-0.3, -0.25) is 4.79 Å². The van der Waals surface area contributed by atoms with Crippen molar-refractivity contribution in [3.8, 4) is 11.5 Å². The molecule has 0 aromatic heterocycles. The minimum Gasteiger partial charge on any atom is -0.493 e. The van der Waals surface area contributed by atoms with Crippen molar-refractivity contribution in [1.29, 1.82) is 0 Å². The highest BCUT2D eigenvalue weighted by atomic mass is 35.5. The molecule has 0 saturated heterocycles. The molecule has 0 heterocycles. The van der Waals surface area contributed by atoms with E-state index in [0.29, 0.717) is 17.1 Å². The van der Waals surface area contributed by atoms with Gasteiger partial charge < -0.3 is 9.47 Å². The zero-order valence-corrected chi connectivity index (χ0v) is 12.1. The summed E-state index contributed by atoms with van der Waals surface area (Å²) < 4.78 is 10.5. The first kappa shape index (κ1) is 14.4. The zero-order chi connectivity index (χ0) is 14.5. The van der Waals surface area contributed by atoms with Crippen LogP contribution in [0.15, 0.2) is 48.5 Å². The van der Waals surface area contributed by atoms with Gasteiger partial charge in [-0.15, -0.1) is 11.6 Å². The quantitative estimate of drug-likeness (QED) is 0.619. The fraction of sp³-hybridized carbons (Fsp3) is 0.188. The third kappa shape index (κ3) is 2.78. The highest BCUT2D eigenvalue weighted by Gasteiger charge is 2.24. The molecule has 0 N–H and O–H groups in total. The molecule has 0 aliphatic rings. The summed E-state index contributed by atoms with van der Waals surface area (Å²) in [4.78, 5) is 12.5. The molecule has 3 nitrogen and oxygen atoms in total. The summed E-state index contributed by atoms with van der Waals surface area (Å²) in [6, 6.07) is 14.4. The molecule has 0 saturated carbocycles. The predicted octanol–water partition coefficient (Wildman–Crippen LogP) is 3.87. The average molecular weight is 291 g/mol. The summed E-state index contributed by atoms with van der Waals surface area (Å²) in [6.07, 6.45) is 0. The number of halogens is 1. The molecule has 0 aliphatic carbocycles. The van der Waals surface area contributed by atoms with Crippen LogP contribution >= 0.6 is 11.6 Å². The number of ether oxygens (including phenoxy) is 2. The molecule has 20 heavy (non-hydrogen) atoms. The number of benzene rings is 2. The molecule has 0 fully saturated rings. The van der Waals surface area contributed by atoms with Crippen LogP contribution in [0.25, 0.3) is 0 Å².